The third-order valence-corrected chi connectivity index (χ3v) is 3.11. The molecule has 0 aromatic heterocycles. The molecule has 0 heterocycles. The van der Waals surface area contributed by atoms with Gasteiger partial charge in [0.05, 0.1) is 7.11 Å². The number of hydrogen-bond acceptors (Lipinski definition) is 3. The minimum Gasteiger partial charge on any atom is -0.497 e. The molecule has 1 rings (SSSR count). The number of carbonyl (C=O) groups is 1. The SMILES string of the molecule is CCCCC(OC(c1ccc(OC)cc1)C(F)(F)F)C(=O)O. The number of alkyl halides is 3. The van der Waals surface area contributed by atoms with Crippen LogP contribution in [-0.2, 0) is 9.53 Å². The predicted molar refractivity (Wildman–Crippen MR) is 73.8 cm³/mol. The number of halogens is 3. The van der Waals surface area contributed by atoms with E-state index in [2.05, 4.69) is 0 Å². The third kappa shape index (κ3) is 5.22. The summed E-state index contributed by atoms with van der Waals surface area (Å²) in [5.74, 6) is -0.985. The summed E-state index contributed by atoms with van der Waals surface area (Å²) in [4.78, 5) is 11.1. The van der Waals surface area contributed by atoms with Crippen molar-refractivity contribution in [2.24, 2.45) is 0 Å². The lowest BCUT2D eigenvalue weighted by atomic mass is 10.1. The molecule has 1 aromatic rings. The van der Waals surface area contributed by atoms with Gasteiger partial charge in [0.2, 0.25) is 0 Å². The monoisotopic (exact) mass is 320 g/mol. The normalized spacial score (nSPS) is 14.4. The van der Waals surface area contributed by atoms with Gasteiger partial charge in [0.1, 0.15) is 5.75 Å². The van der Waals surface area contributed by atoms with Crippen LogP contribution in [0.3, 0.4) is 0 Å². The standard InChI is InChI=1S/C15H19F3O4/c1-3-4-5-12(14(19)20)22-13(15(16,17)18)10-6-8-11(21-2)9-7-10/h6-9,12-13H,3-5H2,1-2H3,(H,19,20). The summed E-state index contributed by atoms with van der Waals surface area (Å²) < 4.78 is 49.3. The Morgan fingerprint density at radius 1 is 1.27 bits per heavy atom. The first kappa shape index (κ1) is 18.3. The summed E-state index contributed by atoms with van der Waals surface area (Å²) in [5.41, 5.74) is -0.156. The van der Waals surface area contributed by atoms with Crippen molar-refractivity contribution in [3.63, 3.8) is 0 Å². The number of carboxylic acids is 1. The molecular formula is C15H19F3O4. The first-order valence-electron chi connectivity index (χ1n) is 6.88. The first-order valence-corrected chi connectivity index (χ1v) is 6.88. The van der Waals surface area contributed by atoms with Gasteiger partial charge in [-0.2, -0.15) is 13.2 Å². The highest BCUT2D eigenvalue weighted by molar-refractivity contribution is 5.72. The van der Waals surface area contributed by atoms with Gasteiger partial charge in [-0.15, -0.1) is 0 Å². The summed E-state index contributed by atoms with van der Waals surface area (Å²) in [6.07, 6.45) is -7.29. The van der Waals surface area contributed by atoms with Crippen molar-refractivity contribution in [3.05, 3.63) is 29.8 Å². The Morgan fingerprint density at radius 2 is 1.86 bits per heavy atom. The molecule has 0 aliphatic rings. The highest BCUT2D eigenvalue weighted by atomic mass is 19.4. The molecule has 0 amide bonds. The number of methoxy groups -OCH3 is 1. The van der Waals surface area contributed by atoms with Crippen LogP contribution in [0, 0.1) is 0 Å². The Hall–Kier alpha value is -1.76. The highest BCUT2D eigenvalue weighted by Gasteiger charge is 2.44. The number of ether oxygens (including phenoxy) is 2. The average molecular weight is 320 g/mol. The second-order valence-electron chi connectivity index (χ2n) is 4.80. The number of aliphatic carboxylic acids is 1. The molecule has 0 saturated heterocycles. The lowest BCUT2D eigenvalue weighted by Gasteiger charge is -2.25. The molecule has 0 radical (unpaired) electrons. The number of rotatable bonds is 8. The van der Waals surface area contributed by atoms with Gasteiger partial charge in [-0.05, 0) is 24.1 Å². The fourth-order valence-electron chi connectivity index (χ4n) is 1.93. The van der Waals surface area contributed by atoms with E-state index in [0.29, 0.717) is 18.6 Å². The zero-order valence-corrected chi connectivity index (χ0v) is 12.4. The Morgan fingerprint density at radius 3 is 2.27 bits per heavy atom. The Kier molecular flexibility index (Phi) is 6.67. The molecule has 124 valence electrons. The Bertz CT molecular complexity index is 471. The van der Waals surface area contributed by atoms with Gasteiger partial charge in [0.25, 0.3) is 0 Å². The lowest BCUT2D eigenvalue weighted by molar-refractivity contribution is -0.238. The molecule has 22 heavy (non-hydrogen) atoms. The molecule has 0 spiro atoms. The van der Waals surface area contributed by atoms with E-state index in [-0.39, 0.29) is 12.0 Å². The number of unbranched alkanes of at least 4 members (excludes halogenated alkanes) is 1. The average Bonchev–Trinajstić information content (AvgIpc) is 2.46. The van der Waals surface area contributed by atoms with E-state index in [4.69, 9.17) is 14.6 Å². The van der Waals surface area contributed by atoms with Crippen molar-refractivity contribution in [1.82, 2.24) is 0 Å². The maximum absolute atomic E-state index is 13.2. The smallest absolute Gasteiger partial charge is 0.418 e. The fraction of sp³-hybridized carbons (Fsp3) is 0.533. The van der Waals surface area contributed by atoms with E-state index in [1.165, 1.54) is 31.4 Å². The summed E-state index contributed by atoms with van der Waals surface area (Å²) in [5, 5.41) is 9.03. The van der Waals surface area contributed by atoms with Gasteiger partial charge in [0, 0.05) is 0 Å². The molecule has 1 N–H and O–H groups in total. The van der Waals surface area contributed by atoms with E-state index < -0.39 is 24.4 Å². The lowest BCUT2D eigenvalue weighted by Crippen LogP contribution is -2.32. The summed E-state index contributed by atoms with van der Waals surface area (Å²) in [6, 6.07) is 5.18. The van der Waals surface area contributed by atoms with Crippen LogP contribution in [0.5, 0.6) is 5.75 Å². The number of hydrogen-bond donors (Lipinski definition) is 1. The quantitative estimate of drug-likeness (QED) is 0.788. The minimum atomic E-state index is -4.70. The second-order valence-corrected chi connectivity index (χ2v) is 4.80. The summed E-state index contributed by atoms with van der Waals surface area (Å²) in [6.45, 7) is 1.82. The molecular weight excluding hydrogens is 301 g/mol. The van der Waals surface area contributed by atoms with Crippen molar-refractivity contribution in [2.75, 3.05) is 7.11 Å². The molecule has 7 heteroatoms. The van der Waals surface area contributed by atoms with Crippen LogP contribution in [0.15, 0.2) is 24.3 Å². The molecule has 0 fully saturated rings. The van der Waals surface area contributed by atoms with E-state index in [0.717, 1.165) is 0 Å². The zero-order chi connectivity index (χ0) is 16.8. The second kappa shape index (κ2) is 8.03. The molecule has 2 atom stereocenters. The number of benzene rings is 1. The summed E-state index contributed by atoms with van der Waals surface area (Å²) in [7, 11) is 1.40. The number of carboxylic acid groups (broad SMARTS) is 1. The molecule has 0 saturated carbocycles. The topological polar surface area (TPSA) is 55.8 Å². The predicted octanol–water partition coefficient (Wildman–Crippen LogP) is 3.96. The molecule has 2 unspecified atom stereocenters. The summed E-state index contributed by atoms with van der Waals surface area (Å²) >= 11 is 0. The van der Waals surface area contributed by atoms with Crippen molar-refractivity contribution in [3.8, 4) is 5.75 Å². The van der Waals surface area contributed by atoms with Crippen LogP contribution >= 0.6 is 0 Å². The maximum Gasteiger partial charge on any atom is 0.418 e. The van der Waals surface area contributed by atoms with Crippen LogP contribution in [0.1, 0.15) is 37.9 Å². The molecule has 0 bridgehead atoms. The van der Waals surface area contributed by atoms with Gasteiger partial charge in [-0.3, -0.25) is 0 Å². The minimum absolute atomic E-state index is 0.0363. The van der Waals surface area contributed by atoms with Crippen molar-refractivity contribution in [2.45, 2.75) is 44.6 Å². The van der Waals surface area contributed by atoms with Gasteiger partial charge in [0.15, 0.2) is 12.2 Å². The van der Waals surface area contributed by atoms with Gasteiger partial charge >= 0.3 is 12.1 Å². The Labute approximate surface area is 126 Å². The largest absolute Gasteiger partial charge is 0.497 e. The van der Waals surface area contributed by atoms with Crippen LogP contribution in [0.2, 0.25) is 0 Å². The van der Waals surface area contributed by atoms with Crippen molar-refractivity contribution in [1.29, 1.82) is 0 Å². The Balaban J connectivity index is 2.98. The van der Waals surface area contributed by atoms with Gasteiger partial charge in [-0.25, -0.2) is 4.79 Å². The molecule has 0 aliphatic heterocycles. The first-order chi connectivity index (χ1) is 10.3. The molecule has 1 aromatic carbocycles. The van der Waals surface area contributed by atoms with Crippen LogP contribution in [-0.4, -0.2) is 30.5 Å². The van der Waals surface area contributed by atoms with Gasteiger partial charge in [-0.1, -0.05) is 31.9 Å². The third-order valence-electron chi connectivity index (χ3n) is 3.11. The van der Waals surface area contributed by atoms with Crippen LogP contribution in [0.4, 0.5) is 13.2 Å². The fourth-order valence-corrected chi connectivity index (χ4v) is 1.93. The molecule has 0 aliphatic carbocycles. The zero-order valence-electron chi connectivity index (χ0n) is 12.4. The van der Waals surface area contributed by atoms with E-state index in [1.807, 2.05) is 6.92 Å². The maximum atomic E-state index is 13.2. The van der Waals surface area contributed by atoms with Gasteiger partial charge < -0.3 is 14.6 Å². The van der Waals surface area contributed by atoms with Crippen LogP contribution in [0.25, 0.3) is 0 Å². The van der Waals surface area contributed by atoms with Crippen LogP contribution < -0.4 is 4.74 Å². The van der Waals surface area contributed by atoms with E-state index in [1.54, 1.807) is 0 Å². The van der Waals surface area contributed by atoms with E-state index in [9.17, 15) is 18.0 Å². The van der Waals surface area contributed by atoms with E-state index >= 15 is 0 Å². The van der Waals surface area contributed by atoms with Crippen molar-refractivity contribution >= 4 is 5.97 Å². The van der Waals surface area contributed by atoms with Crippen molar-refractivity contribution < 1.29 is 32.5 Å². The molecule has 4 nitrogen and oxygen atoms in total. The highest BCUT2D eigenvalue weighted by Crippen LogP contribution is 2.37.